The first-order valence-electron chi connectivity index (χ1n) is 9.54. The van der Waals surface area contributed by atoms with Crippen LogP contribution in [0.5, 0.6) is 0 Å². The van der Waals surface area contributed by atoms with E-state index in [1.807, 2.05) is 0 Å². The average molecular weight is 309 g/mol. The molecule has 0 radical (unpaired) electrons. The Kier molecular flexibility index (Phi) is 5.77. The molecule has 128 valence electrons. The summed E-state index contributed by atoms with van der Waals surface area (Å²) in [4.78, 5) is 10.9. The predicted molar refractivity (Wildman–Crippen MR) is 93.4 cm³/mol. The molecule has 0 amide bonds. The molecule has 0 aromatic heterocycles. The topological polar surface area (TPSA) is 13.0 Å². The quantitative estimate of drug-likeness (QED) is 0.673. The highest BCUT2D eigenvalue weighted by atomic mass is 15.3. The fraction of sp³-hybridized carbons (Fsp3) is 1.00. The molecule has 3 fully saturated rings. The molecule has 0 aliphatic carbocycles. The van der Waals surface area contributed by atoms with Crippen LogP contribution in [0.1, 0.15) is 39.5 Å². The second-order valence-corrected chi connectivity index (χ2v) is 7.94. The molecule has 3 bridgehead atoms. The van der Waals surface area contributed by atoms with Gasteiger partial charge in [-0.15, -0.1) is 0 Å². The second kappa shape index (κ2) is 7.61. The summed E-state index contributed by atoms with van der Waals surface area (Å²) in [5, 5.41) is 0. The molecule has 3 saturated heterocycles. The first-order valence-corrected chi connectivity index (χ1v) is 9.54. The molecule has 3 heterocycles. The minimum Gasteiger partial charge on any atom is -0.305 e. The summed E-state index contributed by atoms with van der Waals surface area (Å²) in [5.74, 6) is 0. The Bertz CT molecular complexity index is 348. The number of fused-ring (bicyclic) bond motifs is 4. The first kappa shape index (κ1) is 16.7. The molecule has 3 aliphatic rings. The van der Waals surface area contributed by atoms with Gasteiger partial charge in [-0.05, 0) is 72.8 Å². The Hall–Kier alpha value is -0.160. The standard InChI is InChI=1S/C18H36N4/c1-16-14-18-15-17(2)21-7-4-6-19(3)10-11-20(16)8-5-9-22(18)13-12-21/h16-18H,4-15H2,1-3H3. The molecule has 22 heavy (non-hydrogen) atoms. The van der Waals surface area contributed by atoms with Crippen LogP contribution in [0.2, 0.25) is 0 Å². The highest BCUT2D eigenvalue weighted by Gasteiger charge is 2.32. The third kappa shape index (κ3) is 4.02. The molecule has 0 N–H and O–H groups in total. The Labute approximate surface area is 137 Å². The highest BCUT2D eigenvalue weighted by molar-refractivity contribution is 4.88. The summed E-state index contributed by atoms with van der Waals surface area (Å²) in [7, 11) is 2.30. The van der Waals surface area contributed by atoms with Crippen LogP contribution in [-0.2, 0) is 0 Å². The van der Waals surface area contributed by atoms with E-state index in [4.69, 9.17) is 0 Å². The van der Waals surface area contributed by atoms with Crippen molar-refractivity contribution in [3.63, 3.8) is 0 Å². The van der Waals surface area contributed by atoms with Gasteiger partial charge in [0.2, 0.25) is 0 Å². The van der Waals surface area contributed by atoms with E-state index >= 15 is 0 Å². The lowest BCUT2D eigenvalue weighted by Crippen LogP contribution is -2.48. The minimum absolute atomic E-state index is 0.737. The number of rotatable bonds is 0. The van der Waals surface area contributed by atoms with Crippen molar-refractivity contribution in [3.8, 4) is 0 Å². The summed E-state index contributed by atoms with van der Waals surface area (Å²) in [6.45, 7) is 15.1. The smallest absolute Gasteiger partial charge is 0.0125 e. The van der Waals surface area contributed by atoms with E-state index in [-0.39, 0.29) is 0 Å². The van der Waals surface area contributed by atoms with Crippen LogP contribution in [0.4, 0.5) is 0 Å². The Morgan fingerprint density at radius 2 is 1.09 bits per heavy atom. The van der Waals surface area contributed by atoms with Crippen LogP contribution < -0.4 is 0 Å². The van der Waals surface area contributed by atoms with Gasteiger partial charge in [0, 0.05) is 44.3 Å². The molecule has 4 heteroatoms. The van der Waals surface area contributed by atoms with Crippen molar-refractivity contribution in [1.82, 2.24) is 19.6 Å². The van der Waals surface area contributed by atoms with Gasteiger partial charge in [0.25, 0.3) is 0 Å². The van der Waals surface area contributed by atoms with Crippen LogP contribution in [0.15, 0.2) is 0 Å². The van der Waals surface area contributed by atoms with E-state index in [0.717, 1.165) is 18.1 Å². The number of nitrogens with zero attached hydrogens (tertiary/aromatic N) is 4. The molecule has 0 saturated carbocycles. The highest BCUT2D eigenvalue weighted by Crippen LogP contribution is 2.25. The van der Waals surface area contributed by atoms with Gasteiger partial charge in [0.05, 0.1) is 0 Å². The number of likely N-dealkylation sites (N-methyl/N-ethyl adjacent to an activating group) is 1. The van der Waals surface area contributed by atoms with Crippen LogP contribution >= 0.6 is 0 Å². The number of hydrogen-bond donors (Lipinski definition) is 0. The molecule has 5 atom stereocenters. The fourth-order valence-corrected chi connectivity index (χ4v) is 4.75. The van der Waals surface area contributed by atoms with E-state index < -0.39 is 0 Å². The lowest BCUT2D eigenvalue weighted by Gasteiger charge is -2.40. The van der Waals surface area contributed by atoms with Gasteiger partial charge in [0.15, 0.2) is 0 Å². The minimum atomic E-state index is 0.737. The van der Waals surface area contributed by atoms with Crippen molar-refractivity contribution in [1.29, 1.82) is 0 Å². The molecule has 0 aromatic rings. The average Bonchev–Trinajstić information content (AvgIpc) is 2.61. The molecule has 0 aromatic carbocycles. The first-order chi connectivity index (χ1) is 10.6. The third-order valence-electron chi connectivity index (χ3n) is 6.31. The summed E-state index contributed by atoms with van der Waals surface area (Å²) >= 11 is 0. The zero-order chi connectivity index (χ0) is 15.5. The van der Waals surface area contributed by atoms with Crippen molar-refractivity contribution in [2.75, 3.05) is 59.4 Å². The van der Waals surface area contributed by atoms with Crippen molar-refractivity contribution < 1.29 is 0 Å². The van der Waals surface area contributed by atoms with Gasteiger partial charge < -0.3 is 4.90 Å². The zero-order valence-electron chi connectivity index (χ0n) is 15.0. The largest absolute Gasteiger partial charge is 0.305 e. The van der Waals surface area contributed by atoms with Crippen molar-refractivity contribution in [3.05, 3.63) is 0 Å². The molecule has 3 rings (SSSR count). The normalized spacial score (nSPS) is 43.0. The van der Waals surface area contributed by atoms with Gasteiger partial charge in [-0.3, -0.25) is 14.7 Å². The number of hydrogen-bond acceptors (Lipinski definition) is 4. The van der Waals surface area contributed by atoms with Gasteiger partial charge in [-0.1, -0.05) is 0 Å². The lowest BCUT2D eigenvalue weighted by molar-refractivity contribution is 0.0898. The second-order valence-electron chi connectivity index (χ2n) is 7.94. The summed E-state index contributed by atoms with van der Waals surface area (Å²) in [5.41, 5.74) is 0. The predicted octanol–water partition coefficient (Wildman–Crippen LogP) is 1.57. The summed E-state index contributed by atoms with van der Waals surface area (Å²) in [6.07, 6.45) is 5.40. The van der Waals surface area contributed by atoms with Gasteiger partial charge in [0.1, 0.15) is 0 Å². The van der Waals surface area contributed by atoms with E-state index in [1.165, 1.54) is 78.0 Å². The van der Waals surface area contributed by atoms with Crippen molar-refractivity contribution in [2.45, 2.75) is 57.7 Å². The summed E-state index contributed by atoms with van der Waals surface area (Å²) < 4.78 is 0. The van der Waals surface area contributed by atoms with Crippen LogP contribution in [-0.4, -0.2) is 97.1 Å². The van der Waals surface area contributed by atoms with Crippen LogP contribution in [0.3, 0.4) is 0 Å². The van der Waals surface area contributed by atoms with E-state index in [1.54, 1.807) is 0 Å². The fourth-order valence-electron chi connectivity index (χ4n) is 4.75. The lowest BCUT2D eigenvalue weighted by atomic mass is 9.97. The van der Waals surface area contributed by atoms with E-state index in [9.17, 15) is 0 Å². The van der Waals surface area contributed by atoms with E-state index in [2.05, 4.69) is 40.5 Å². The maximum atomic E-state index is 2.82. The Morgan fingerprint density at radius 3 is 1.77 bits per heavy atom. The molecule has 3 aliphatic heterocycles. The molecule has 0 spiro atoms. The SMILES string of the molecule is CC1CC2CC(C)N3CCCN(C)CCN1CCCN2CC3. The molecule has 4 nitrogen and oxygen atoms in total. The van der Waals surface area contributed by atoms with Crippen molar-refractivity contribution in [2.24, 2.45) is 0 Å². The Balaban J connectivity index is 1.80. The maximum absolute atomic E-state index is 2.82. The van der Waals surface area contributed by atoms with Crippen LogP contribution in [0.25, 0.3) is 0 Å². The van der Waals surface area contributed by atoms with Crippen molar-refractivity contribution >= 4 is 0 Å². The maximum Gasteiger partial charge on any atom is 0.0125 e. The molecular weight excluding hydrogens is 272 g/mol. The summed E-state index contributed by atoms with van der Waals surface area (Å²) in [6, 6.07) is 2.29. The van der Waals surface area contributed by atoms with Gasteiger partial charge in [-0.25, -0.2) is 0 Å². The Morgan fingerprint density at radius 1 is 0.591 bits per heavy atom. The van der Waals surface area contributed by atoms with Crippen LogP contribution in [0, 0.1) is 0 Å². The zero-order valence-corrected chi connectivity index (χ0v) is 15.0. The van der Waals surface area contributed by atoms with Gasteiger partial charge >= 0.3 is 0 Å². The van der Waals surface area contributed by atoms with Gasteiger partial charge in [-0.2, -0.15) is 0 Å². The molecular formula is C18H36N4. The third-order valence-corrected chi connectivity index (χ3v) is 6.31. The molecule has 5 unspecified atom stereocenters. The van der Waals surface area contributed by atoms with E-state index in [0.29, 0.717) is 0 Å². The monoisotopic (exact) mass is 308 g/mol.